The molecular formula is C11H22N4O2. The maximum Gasteiger partial charge on any atom is 0.317 e. The van der Waals surface area contributed by atoms with Crippen LogP contribution in [0.1, 0.15) is 26.2 Å². The Morgan fingerprint density at radius 1 is 1.47 bits per heavy atom. The van der Waals surface area contributed by atoms with Gasteiger partial charge in [-0.2, -0.15) is 0 Å². The van der Waals surface area contributed by atoms with E-state index in [2.05, 4.69) is 10.6 Å². The van der Waals surface area contributed by atoms with Gasteiger partial charge in [0.25, 0.3) is 0 Å². The summed E-state index contributed by atoms with van der Waals surface area (Å²) in [6.07, 6.45) is 2.00. The summed E-state index contributed by atoms with van der Waals surface area (Å²) in [5.41, 5.74) is 5.34. The van der Waals surface area contributed by atoms with E-state index in [4.69, 9.17) is 5.73 Å². The molecule has 0 aromatic carbocycles. The summed E-state index contributed by atoms with van der Waals surface area (Å²) in [4.78, 5) is 24.7. The Bertz CT molecular complexity index is 270. The molecule has 17 heavy (non-hydrogen) atoms. The summed E-state index contributed by atoms with van der Waals surface area (Å²) in [7, 11) is 0. The van der Waals surface area contributed by atoms with Gasteiger partial charge in [-0.05, 0) is 26.3 Å². The van der Waals surface area contributed by atoms with Crippen molar-refractivity contribution >= 4 is 11.9 Å². The van der Waals surface area contributed by atoms with Crippen LogP contribution in [0.15, 0.2) is 0 Å². The Kier molecular flexibility index (Phi) is 5.76. The van der Waals surface area contributed by atoms with Gasteiger partial charge >= 0.3 is 6.03 Å². The Balaban J connectivity index is 2.25. The fourth-order valence-electron chi connectivity index (χ4n) is 1.89. The molecule has 6 heteroatoms. The van der Waals surface area contributed by atoms with Gasteiger partial charge in [-0.3, -0.25) is 4.79 Å². The fourth-order valence-corrected chi connectivity index (χ4v) is 1.89. The molecule has 1 aliphatic rings. The van der Waals surface area contributed by atoms with Gasteiger partial charge in [0.15, 0.2) is 0 Å². The van der Waals surface area contributed by atoms with Crippen molar-refractivity contribution < 1.29 is 9.59 Å². The number of nitrogens with one attached hydrogen (secondary N) is 2. The monoisotopic (exact) mass is 242 g/mol. The average Bonchev–Trinajstić information content (AvgIpc) is 2.75. The number of carbonyl (C=O) groups is 2. The topological polar surface area (TPSA) is 87.5 Å². The van der Waals surface area contributed by atoms with E-state index in [9.17, 15) is 9.59 Å². The van der Waals surface area contributed by atoms with Crippen LogP contribution < -0.4 is 16.4 Å². The van der Waals surface area contributed by atoms with Crippen molar-refractivity contribution in [2.24, 2.45) is 5.73 Å². The van der Waals surface area contributed by atoms with E-state index in [1.807, 2.05) is 6.92 Å². The molecule has 1 atom stereocenters. The van der Waals surface area contributed by atoms with Crippen LogP contribution in [0.4, 0.5) is 4.79 Å². The third-order valence-corrected chi connectivity index (χ3v) is 2.78. The molecule has 0 aromatic rings. The fraction of sp³-hybridized carbons (Fsp3) is 0.818. The Morgan fingerprint density at radius 3 is 2.88 bits per heavy atom. The van der Waals surface area contributed by atoms with Crippen molar-refractivity contribution in [2.45, 2.75) is 32.2 Å². The van der Waals surface area contributed by atoms with Crippen molar-refractivity contribution in [1.29, 1.82) is 0 Å². The van der Waals surface area contributed by atoms with E-state index in [0.29, 0.717) is 39.0 Å². The lowest BCUT2D eigenvalue weighted by Crippen LogP contribution is -2.42. The minimum atomic E-state index is -0.0498. The third kappa shape index (κ3) is 4.60. The summed E-state index contributed by atoms with van der Waals surface area (Å²) in [5, 5.41) is 5.68. The molecule has 0 saturated carbocycles. The van der Waals surface area contributed by atoms with Gasteiger partial charge in [-0.25, -0.2) is 4.79 Å². The number of hydrogen-bond acceptors (Lipinski definition) is 3. The molecule has 6 nitrogen and oxygen atoms in total. The first-order chi connectivity index (χ1) is 8.17. The molecule has 1 rings (SSSR count). The number of nitrogens with zero attached hydrogens (tertiary/aromatic N) is 1. The molecule has 98 valence electrons. The molecule has 1 aliphatic heterocycles. The number of rotatable bonds is 5. The average molecular weight is 242 g/mol. The van der Waals surface area contributed by atoms with Crippen molar-refractivity contribution in [3.8, 4) is 0 Å². The number of likely N-dealkylation sites (tertiary alicyclic amines) is 1. The van der Waals surface area contributed by atoms with Gasteiger partial charge in [0.1, 0.15) is 0 Å². The highest BCUT2D eigenvalue weighted by Gasteiger charge is 2.26. The van der Waals surface area contributed by atoms with Crippen LogP contribution in [0.3, 0.4) is 0 Å². The number of carbonyl (C=O) groups excluding carboxylic acids is 2. The molecule has 1 heterocycles. The lowest BCUT2D eigenvalue weighted by atomic mass is 10.2. The molecule has 3 amide bonds. The van der Waals surface area contributed by atoms with Gasteiger partial charge in [0.2, 0.25) is 5.91 Å². The van der Waals surface area contributed by atoms with Gasteiger partial charge < -0.3 is 21.3 Å². The first-order valence-electron chi connectivity index (χ1n) is 6.19. The lowest BCUT2D eigenvalue weighted by molar-refractivity contribution is -0.121. The zero-order valence-corrected chi connectivity index (χ0v) is 10.4. The van der Waals surface area contributed by atoms with Crippen molar-refractivity contribution in [3.05, 3.63) is 0 Å². The van der Waals surface area contributed by atoms with Gasteiger partial charge in [-0.1, -0.05) is 0 Å². The largest absolute Gasteiger partial charge is 0.352 e. The van der Waals surface area contributed by atoms with Gasteiger partial charge in [-0.15, -0.1) is 0 Å². The highest BCUT2D eigenvalue weighted by atomic mass is 16.2. The summed E-state index contributed by atoms with van der Waals surface area (Å²) < 4.78 is 0. The van der Waals surface area contributed by atoms with Gasteiger partial charge in [0.05, 0.1) is 0 Å². The maximum absolute atomic E-state index is 11.5. The molecule has 0 radical (unpaired) electrons. The Morgan fingerprint density at radius 2 is 2.24 bits per heavy atom. The predicted octanol–water partition coefficient (Wildman–Crippen LogP) is -0.355. The standard InChI is InChI=1S/C11H22N4O2/c1-2-13-11(17)15-7-5-9(8-15)14-10(16)4-3-6-12/h9H,2-8,12H2,1H3,(H,13,17)(H,14,16). The number of hydrogen-bond donors (Lipinski definition) is 3. The van der Waals surface area contributed by atoms with Crippen LogP contribution in [0.2, 0.25) is 0 Å². The summed E-state index contributed by atoms with van der Waals surface area (Å²) >= 11 is 0. The highest BCUT2D eigenvalue weighted by Crippen LogP contribution is 2.09. The van der Waals surface area contributed by atoms with Crippen LogP contribution in [-0.4, -0.2) is 49.1 Å². The highest BCUT2D eigenvalue weighted by molar-refractivity contribution is 5.77. The molecule has 1 saturated heterocycles. The SMILES string of the molecule is CCNC(=O)N1CCC(NC(=O)CCCN)C1. The molecule has 0 aromatic heterocycles. The quantitative estimate of drug-likeness (QED) is 0.615. The molecule has 4 N–H and O–H groups in total. The van der Waals surface area contributed by atoms with E-state index >= 15 is 0 Å². The van der Waals surface area contributed by atoms with Gasteiger partial charge in [0, 0.05) is 32.1 Å². The van der Waals surface area contributed by atoms with E-state index in [1.54, 1.807) is 4.90 Å². The second-order valence-electron chi connectivity index (χ2n) is 4.23. The van der Waals surface area contributed by atoms with Crippen LogP contribution in [0, 0.1) is 0 Å². The van der Waals surface area contributed by atoms with Crippen molar-refractivity contribution in [2.75, 3.05) is 26.2 Å². The first kappa shape index (κ1) is 13.8. The zero-order chi connectivity index (χ0) is 12.7. The molecule has 0 aliphatic carbocycles. The number of nitrogens with two attached hydrogens (primary N) is 1. The first-order valence-corrected chi connectivity index (χ1v) is 6.19. The van der Waals surface area contributed by atoms with Crippen LogP contribution in [0.25, 0.3) is 0 Å². The van der Waals surface area contributed by atoms with Crippen LogP contribution >= 0.6 is 0 Å². The number of urea groups is 1. The molecule has 1 unspecified atom stereocenters. The van der Waals surface area contributed by atoms with E-state index in [1.165, 1.54) is 0 Å². The number of amides is 3. The molecule has 1 fully saturated rings. The maximum atomic E-state index is 11.5. The Labute approximate surface area is 102 Å². The summed E-state index contributed by atoms with van der Waals surface area (Å²) in [6.45, 7) is 4.35. The van der Waals surface area contributed by atoms with E-state index < -0.39 is 0 Å². The van der Waals surface area contributed by atoms with Crippen molar-refractivity contribution in [3.63, 3.8) is 0 Å². The van der Waals surface area contributed by atoms with Crippen LogP contribution in [-0.2, 0) is 4.79 Å². The summed E-state index contributed by atoms with van der Waals surface area (Å²) in [6, 6.07) is 0.0362. The Hall–Kier alpha value is -1.30. The normalized spacial score (nSPS) is 19.2. The smallest absolute Gasteiger partial charge is 0.317 e. The lowest BCUT2D eigenvalue weighted by Gasteiger charge is -2.17. The third-order valence-electron chi connectivity index (χ3n) is 2.78. The van der Waals surface area contributed by atoms with Crippen molar-refractivity contribution in [1.82, 2.24) is 15.5 Å². The molecule has 0 spiro atoms. The second kappa shape index (κ2) is 7.11. The minimum Gasteiger partial charge on any atom is -0.352 e. The predicted molar refractivity (Wildman–Crippen MR) is 65.5 cm³/mol. The zero-order valence-electron chi connectivity index (χ0n) is 10.4. The minimum absolute atomic E-state index is 0.0261. The summed E-state index contributed by atoms with van der Waals surface area (Å²) in [5.74, 6) is 0.0261. The van der Waals surface area contributed by atoms with Crippen LogP contribution in [0.5, 0.6) is 0 Å². The van der Waals surface area contributed by atoms with E-state index in [0.717, 1.165) is 6.42 Å². The van der Waals surface area contributed by atoms with E-state index in [-0.39, 0.29) is 18.0 Å². The molecule has 0 bridgehead atoms. The molecular weight excluding hydrogens is 220 g/mol. The second-order valence-corrected chi connectivity index (χ2v) is 4.23.